The minimum absolute atomic E-state index is 0.0387. The van der Waals surface area contributed by atoms with Crippen molar-refractivity contribution in [1.82, 2.24) is 14.9 Å². The topological polar surface area (TPSA) is 101 Å². The molecule has 2 aromatic rings. The molecule has 8 heteroatoms. The number of rotatable bonds is 5. The van der Waals surface area contributed by atoms with E-state index in [1.54, 1.807) is 11.3 Å². The fraction of sp³-hybridized carbons (Fsp3) is 0.500. The average molecular weight is 349 g/mol. The lowest BCUT2D eigenvalue weighted by Gasteiger charge is -2.11. The molecule has 128 valence electrons. The van der Waals surface area contributed by atoms with E-state index in [0.717, 1.165) is 36.1 Å². The number of aromatic nitrogens is 2. The Morgan fingerprint density at radius 1 is 1.42 bits per heavy atom. The van der Waals surface area contributed by atoms with E-state index in [-0.39, 0.29) is 18.5 Å². The average Bonchev–Trinajstić information content (AvgIpc) is 2.93. The number of nitrogens with zero attached hydrogens (tertiary/aromatic N) is 2. The molecule has 0 unspecified atom stereocenters. The van der Waals surface area contributed by atoms with Crippen molar-refractivity contribution in [2.24, 2.45) is 0 Å². The second-order valence-electron chi connectivity index (χ2n) is 6.01. The Morgan fingerprint density at radius 3 is 2.92 bits per heavy atom. The molecule has 0 saturated heterocycles. The van der Waals surface area contributed by atoms with Crippen LogP contribution in [0.2, 0.25) is 0 Å². The fourth-order valence-electron chi connectivity index (χ4n) is 2.94. The molecule has 0 spiro atoms. The normalized spacial score (nSPS) is 15.0. The van der Waals surface area contributed by atoms with Crippen LogP contribution in [0.4, 0.5) is 0 Å². The maximum Gasteiger partial charge on any atom is 0.325 e. The third-order valence-electron chi connectivity index (χ3n) is 4.27. The zero-order chi connectivity index (χ0) is 17.3. The first-order chi connectivity index (χ1) is 11.5. The molecule has 0 radical (unpaired) electrons. The number of thiophene rings is 1. The SMILES string of the molecule is C[C@H](NC(=O)CCn1cnc2sc3c(c2c1=O)CCCC3)C(=O)O. The molecule has 1 amide bonds. The van der Waals surface area contributed by atoms with Crippen LogP contribution >= 0.6 is 11.3 Å². The molecule has 2 aromatic heterocycles. The molecule has 2 heterocycles. The summed E-state index contributed by atoms with van der Waals surface area (Å²) >= 11 is 1.59. The second kappa shape index (κ2) is 6.72. The van der Waals surface area contributed by atoms with Crippen molar-refractivity contribution in [2.75, 3.05) is 0 Å². The highest BCUT2D eigenvalue weighted by atomic mass is 32.1. The van der Waals surface area contributed by atoms with E-state index in [9.17, 15) is 14.4 Å². The van der Waals surface area contributed by atoms with Crippen molar-refractivity contribution in [1.29, 1.82) is 0 Å². The minimum Gasteiger partial charge on any atom is -0.480 e. The number of nitrogens with one attached hydrogen (secondary N) is 1. The third-order valence-corrected chi connectivity index (χ3v) is 5.47. The lowest BCUT2D eigenvalue weighted by Crippen LogP contribution is -2.39. The maximum atomic E-state index is 12.7. The Labute approximate surface area is 142 Å². The standard InChI is InChI=1S/C16H19N3O4S/c1-9(16(22)23)18-12(20)6-7-19-8-17-14-13(15(19)21)10-4-2-3-5-11(10)24-14/h8-9H,2-7H2,1H3,(H,18,20)(H,22,23)/t9-/m0/s1. The molecule has 2 N–H and O–H groups in total. The molecule has 24 heavy (non-hydrogen) atoms. The van der Waals surface area contributed by atoms with Crippen LogP contribution < -0.4 is 10.9 Å². The van der Waals surface area contributed by atoms with Gasteiger partial charge in [-0.05, 0) is 38.2 Å². The quantitative estimate of drug-likeness (QED) is 0.848. The Kier molecular flexibility index (Phi) is 4.66. The fourth-order valence-corrected chi connectivity index (χ4v) is 4.16. The van der Waals surface area contributed by atoms with Crippen LogP contribution in [0.1, 0.15) is 36.6 Å². The van der Waals surface area contributed by atoms with E-state index >= 15 is 0 Å². The Bertz CT molecular complexity index is 855. The number of carboxylic acid groups (broad SMARTS) is 1. The summed E-state index contributed by atoms with van der Waals surface area (Å²) in [4.78, 5) is 41.6. The van der Waals surface area contributed by atoms with Crippen molar-refractivity contribution in [2.45, 2.75) is 51.6 Å². The van der Waals surface area contributed by atoms with Gasteiger partial charge < -0.3 is 10.4 Å². The highest BCUT2D eigenvalue weighted by molar-refractivity contribution is 7.18. The Morgan fingerprint density at radius 2 is 2.17 bits per heavy atom. The molecule has 0 bridgehead atoms. The Balaban J connectivity index is 1.78. The van der Waals surface area contributed by atoms with Gasteiger partial charge in [0.1, 0.15) is 10.9 Å². The van der Waals surface area contributed by atoms with Gasteiger partial charge in [0.25, 0.3) is 5.56 Å². The monoisotopic (exact) mass is 349 g/mol. The van der Waals surface area contributed by atoms with Crippen LogP contribution in [0.5, 0.6) is 0 Å². The van der Waals surface area contributed by atoms with Crippen LogP contribution in [0.15, 0.2) is 11.1 Å². The summed E-state index contributed by atoms with van der Waals surface area (Å²) in [5.41, 5.74) is 1.01. The van der Waals surface area contributed by atoms with Crippen LogP contribution in [-0.2, 0) is 29.0 Å². The summed E-state index contributed by atoms with van der Waals surface area (Å²) in [5, 5.41) is 11.9. The molecule has 7 nitrogen and oxygen atoms in total. The van der Waals surface area contributed by atoms with E-state index in [1.807, 2.05) is 0 Å². The number of carboxylic acids is 1. The summed E-state index contributed by atoms with van der Waals surface area (Å²) in [7, 11) is 0. The van der Waals surface area contributed by atoms with E-state index in [1.165, 1.54) is 22.7 Å². The van der Waals surface area contributed by atoms with Crippen molar-refractivity contribution < 1.29 is 14.7 Å². The highest BCUT2D eigenvalue weighted by Gasteiger charge is 2.20. The van der Waals surface area contributed by atoms with Crippen LogP contribution in [0.25, 0.3) is 10.2 Å². The predicted octanol–water partition coefficient (Wildman–Crippen LogP) is 1.32. The van der Waals surface area contributed by atoms with Crippen LogP contribution in [-0.4, -0.2) is 32.6 Å². The molecule has 0 aromatic carbocycles. The van der Waals surface area contributed by atoms with Gasteiger partial charge in [0.15, 0.2) is 0 Å². The molecule has 3 rings (SSSR count). The van der Waals surface area contributed by atoms with Crippen LogP contribution in [0.3, 0.4) is 0 Å². The van der Waals surface area contributed by atoms with Gasteiger partial charge in [-0.2, -0.15) is 0 Å². The van der Waals surface area contributed by atoms with E-state index in [4.69, 9.17) is 5.11 Å². The first kappa shape index (κ1) is 16.6. The zero-order valence-corrected chi connectivity index (χ0v) is 14.2. The lowest BCUT2D eigenvalue weighted by atomic mass is 9.97. The van der Waals surface area contributed by atoms with Gasteiger partial charge >= 0.3 is 5.97 Å². The summed E-state index contributed by atoms with van der Waals surface area (Å²) in [6.45, 7) is 1.59. The number of hydrogen-bond donors (Lipinski definition) is 2. The molecular weight excluding hydrogens is 330 g/mol. The van der Waals surface area contributed by atoms with Gasteiger partial charge in [-0.3, -0.25) is 19.0 Å². The van der Waals surface area contributed by atoms with E-state index in [0.29, 0.717) is 5.39 Å². The van der Waals surface area contributed by atoms with Gasteiger partial charge in [0.05, 0.1) is 11.7 Å². The smallest absolute Gasteiger partial charge is 0.325 e. The largest absolute Gasteiger partial charge is 0.480 e. The Hall–Kier alpha value is -2.22. The molecule has 0 aliphatic heterocycles. The molecule has 1 aliphatic rings. The van der Waals surface area contributed by atoms with Crippen molar-refractivity contribution >= 4 is 33.4 Å². The molecule has 0 fully saturated rings. The van der Waals surface area contributed by atoms with Gasteiger partial charge in [-0.15, -0.1) is 11.3 Å². The highest BCUT2D eigenvalue weighted by Crippen LogP contribution is 2.33. The third kappa shape index (κ3) is 3.19. The van der Waals surface area contributed by atoms with Crippen molar-refractivity contribution in [3.63, 3.8) is 0 Å². The van der Waals surface area contributed by atoms with Gasteiger partial charge in [0.2, 0.25) is 5.91 Å². The van der Waals surface area contributed by atoms with E-state index < -0.39 is 17.9 Å². The maximum absolute atomic E-state index is 12.7. The number of carbonyl (C=O) groups is 2. The first-order valence-electron chi connectivity index (χ1n) is 7.99. The summed E-state index contributed by atoms with van der Waals surface area (Å²) < 4.78 is 1.44. The predicted molar refractivity (Wildman–Crippen MR) is 90.4 cm³/mol. The summed E-state index contributed by atoms with van der Waals surface area (Å²) in [5.74, 6) is -1.49. The number of aryl methyl sites for hydroxylation is 3. The molecule has 1 atom stereocenters. The van der Waals surface area contributed by atoms with Gasteiger partial charge in [0, 0.05) is 17.8 Å². The zero-order valence-electron chi connectivity index (χ0n) is 13.4. The summed E-state index contributed by atoms with van der Waals surface area (Å²) in [6, 6.07) is -0.946. The van der Waals surface area contributed by atoms with Gasteiger partial charge in [-0.1, -0.05) is 0 Å². The molecular formula is C16H19N3O4S. The number of amides is 1. The van der Waals surface area contributed by atoms with Crippen LogP contribution in [0, 0.1) is 0 Å². The summed E-state index contributed by atoms with van der Waals surface area (Å²) in [6.07, 6.45) is 5.66. The number of aliphatic carboxylic acids is 1. The van der Waals surface area contributed by atoms with E-state index in [2.05, 4.69) is 10.3 Å². The second-order valence-corrected chi connectivity index (χ2v) is 7.10. The first-order valence-corrected chi connectivity index (χ1v) is 8.81. The minimum atomic E-state index is -1.09. The molecule has 1 aliphatic carbocycles. The van der Waals surface area contributed by atoms with Gasteiger partial charge in [-0.25, -0.2) is 4.98 Å². The number of fused-ring (bicyclic) bond motifs is 3. The molecule has 0 saturated carbocycles. The number of carbonyl (C=O) groups excluding carboxylic acids is 1. The lowest BCUT2D eigenvalue weighted by molar-refractivity contribution is -0.141. The number of hydrogen-bond acceptors (Lipinski definition) is 5. The van der Waals surface area contributed by atoms with Crippen molar-refractivity contribution in [3.05, 3.63) is 27.1 Å². The van der Waals surface area contributed by atoms with Crippen molar-refractivity contribution in [3.8, 4) is 0 Å².